The van der Waals surface area contributed by atoms with Crippen LogP contribution in [0.4, 0.5) is 0 Å². The van der Waals surface area contributed by atoms with Crippen molar-refractivity contribution >= 4 is 17.3 Å². The first-order valence-electron chi connectivity index (χ1n) is 7.08. The second-order valence-electron chi connectivity index (χ2n) is 5.43. The molecule has 1 aliphatic heterocycles. The summed E-state index contributed by atoms with van der Waals surface area (Å²) < 4.78 is 0. The molecule has 0 spiro atoms. The summed E-state index contributed by atoms with van der Waals surface area (Å²) in [5, 5.41) is 0. The highest BCUT2D eigenvalue weighted by molar-refractivity contribution is 6.52. The van der Waals surface area contributed by atoms with E-state index >= 15 is 0 Å². The molecule has 2 N–H and O–H groups in total. The quantitative estimate of drug-likeness (QED) is 0.829. The third kappa shape index (κ3) is 2.16. The van der Waals surface area contributed by atoms with Crippen LogP contribution in [-0.2, 0) is 4.79 Å². The smallest absolute Gasteiger partial charge is 0.233 e. The van der Waals surface area contributed by atoms with Gasteiger partial charge in [0.05, 0.1) is 0 Å². The van der Waals surface area contributed by atoms with Crippen molar-refractivity contribution in [2.75, 3.05) is 19.6 Å². The number of nitrogens with zero attached hydrogens (tertiary/aromatic N) is 1. The predicted molar refractivity (Wildman–Crippen MR) is 77.2 cm³/mol. The van der Waals surface area contributed by atoms with E-state index < -0.39 is 11.6 Å². The summed E-state index contributed by atoms with van der Waals surface area (Å²) in [6.07, 6.45) is 3.53. The maximum Gasteiger partial charge on any atom is 0.233 e. The van der Waals surface area contributed by atoms with Gasteiger partial charge >= 0.3 is 0 Å². The summed E-state index contributed by atoms with van der Waals surface area (Å²) in [6.45, 7) is 2.44. The summed E-state index contributed by atoms with van der Waals surface area (Å²) in [4.78, 5) is 26.6. The molecule has 1 heterocycles. The fourth-order valence-corrected chi connectivity index (χ4v) is 2.96. The van der Waals surface area contributed by atoms with Gasteiger partial charge in [0.1, 0.15) is 0 Å². The summed E-state index contributed by atoms with van der Waals surface area (Å²) >= 11 is 0. The fourth-order valence-electron chi connectivity index (χ4n) is 2.96. The Kier molecular flexibility index (Phi) is 3.40. The first kappa shape index (κ1) is 13.1. The number of fused-ring (bicyclic) bond motifs is 1. The van der Waals surface area contributed by atoms with Gasteiger partial charge < -0.3 is 5.73 Å². The van der Waals surface area contributed by atoms with Crippen molar-refractivity contribution in [3.63, 3.8) is 0 Å². The maximum atomic E-state index is 12.3. The average Bonchev–Trinajstić information content (AvgIpc) is 2.50. The summed E-state index contributed by atoms with van der Waals surface area (Å²) in [5.74, 6) is -0.867. The molecular weight excluding hydrogens is 252 g/mol. The molecule has 0 radical (unpaired) electrons. The van der Waals surface area contributed by atoms with Crippen LogP contribution in [0.3, 0.4) is 0 Å². The SMILES string of the molecule is NC1=C(CN2CCCCC2)C(=O)C(=O)c2ccccc21. The van der Waals surface area contributed by atoms with Crippen LogP contribution >= 0.6 is 0 Å². The van der Waals surface area contributed by atoms with Crippen LogP contribution in [0.15, 0.2) is 29.8 Å². The fraction of sp³-hybridized carbons (Fsp3) is 0.375. The minimum atomic E-state index is -0.438. The van der Waals surface area contributed by atoms with Crippen LogP contribution in [0.1, 0.15) is 35.2 Å². The number of rotatable bonds is 2. The monoisotopic (exact) mass is 270 g/mol. The van der Waals surface area contributed by atoms with Crippen LogP contribution < -0.4 is 5.73 Å². The van der Waals surface area contributed by atoms with Gasteiger partial charge in [-0.1, -0.05) is 30.7 Å². The Labute approximate surface area is 118 Å². The molecule has 1 aliphatic carbocycles. The Balaban J connectivity index is 1.96. The minimum Gasteiger partial charge on any atom is -0.398 e. The topological polar surface area (TPSA) is 63.4 Å². The van der Waals surface area contributed by atoms with Crippen molar-refractivity contribution < 1.29 is 9.59 Å². The van der Waals surface area contributed by atoms with Crippen molar-refractivity contribution in [1.29, 1.82) is 0 Å². The van der Waals surface area contributed by atoms with Crippen molar-refractivity contribution in [2.24, 2.45) is 5.73 Å². The van der Waals surface area contributed by atoms with Gasteiger partial charge in [0, 0.05) is 28.9 Å². The van der Waals surface area contributed by atoms with Gasteiger partial charge in [-0.25, -0.2) is 0 Å². The van der Waals surface area contributed by atoms with E-state index in [1.165, 1.54) is 6.42 Å². The number of hydrogen-bond donors (Lipinski definition) is 1. The molecule has 1 saturated heterocycles. The molecule has 0 saturated carbocycles. The van der Waals surface area contributed by atoms with Gasteiger partial charge in [0.15, 0.2) is 0 Å². The van der Waals surface area contributed by atoms with Gasteiger partial charge in [-0.2, -0.15) is 0 Å². The van der Waals surface area contributed by atoms with Gasteiger partial charge in [0.2, 0.25) is 11.6 Å². The van der Waals surface area contributed by atoms with Crippen LogP contribution in [-0.4, -0.2) is 36.1 Å². The second-order valence-corrected chi connectivity index (χ2v) is 5.43. The Morgan fingerprint density at radius 1 is 0.950 bits per heavy atom. The van der Waals surface area contributed by atoms with Gasteiger partial charge in [-0.3, -0.25) is 14.5 Å². The van der Waals surface area contributed by atoms with E-state index in [-0.39, 0.29) is 0 Å². The van der Waals surface area contributed by atoms with Gasteiger partial charge in [0.25, 0.3) is 0 Å². The lowest BCUT2D eigenvalue weighted by molar-refractivity contribution is -0.112. The summed E-state index contributed by atoms with van der Waals surface area (Å²) in [7, 11) is 0. The summed E-state index contributed by atoms with van der Waals surface area (Å²) in [6, 6.07) is 7.07. The van der Waals surface area contributed by atoms with E-state index in [1.807, 2.05) is 12.1 Å². The standard InChI is InChI=1S/C16H18N2O2/c17-14-11-6-2-3-7-12(11)15(19)16(20)13(14)10-18-8-4-1-5-9-18/h2-3,6-7H,1,4-5,8-10,17H2. The molecule has 2 aliphatic rings. The normalized spacial score (nSPS) is 20.2. The van der Waals surface area contributed by atoms with Crippen LogP contribution in [0, 0.1) is 0 Å². The molecule has 4 heteroatoms. The van der Waals surface area contributed by atoms with Crippen LogP contribution in [0.5, 0.6) is 0 Å². The molecule has 1 aromatic carbocycles. The zero-order valence-electron chi connectivity index (χ0n) is 11.4. The van der Waals surface area contributed by atoms with Gasteiger partial charge in [-0.15, -0.1) is 0 Å². The molecule has 0 atom stereocenters. The lowest BCUT2D eigenvalue weighted by Gasteiger charge is -2.29. The zero-order valence-corrected chi connectivity index (χ0v) is 11.4. The van der Waals surface area contributed by atoms with Crippen molar-refractivity contribution in [3.8, 4) is 0 Å². The van der Waals surface area contributed by atoms with Crippen LogP contribution in [0.25, 0.3) is 5.70 Å². The molecule has 0 aromatic heterocycles. The molecule has 20 heavy (non-hydrogen) atoms. The molecule has 1 aromatic rings. The van der Waals surface area contributed by atoms with Crippen LogP contribution in [0.2, 0.25) is 0 Å². The lowest BCUT2D eigenvalue weighted by atomic mass is 9.87. The Morgan fingerprint density at radius 3 is 2.30 bits per heavy atom. The average molecular weight is 270 g/mol. The number of nitrogens with two attached hydrogens (primary N) is 1. The second kappa shape index (κ2) is 5.21. The number of benzene rings is 1. The Bertz CT molecular complexity index is 598. The molecular formula is C16H18N2O2. The van der Waals surface area contributed by atoms with E-state index in [0.29, 0.717) is 28.9 Å². The lowest BCUT2D eigenvalue weighted by Crippen LogP contribution is -2.37. The number of ketones is 2. The number of carbonyl (C=O) groups excluding carboxylic acids is 2. The molecule has 1 fully saturated rings. The number of hydrogen-bond acceptors (Lipinski definition) is 4. The zero-order chi connectivity index (χ0) is 14.1. The molecule has 0 bridgehead atoms. The van der Waals surface area contributed by atoms with E-state index in [0.717, 1.165) is 25.9 Å². The number of likely N-dealkylation sites (tertiary alicyclic amines) is 1. The maximum absolute atomic E-state index is 12.3. The van der Waals surface area contributed by atoms with E-state index in [1.54, 1.807) is 12.1 Å². The number of Topliss-reactive ketones (excluding diaryl/α,β-unsaturated/α-hetero) is 2. The third-order valence-corrected chi connectivity index (χ3v) is 4.10. The summed E-state index contributed by atoms with van der Waals surface area (Å²) in [5.41, 5.74) is 8.20. The largest absolute Gasteiger partial charge is 0.398 e. The Morgan fingerprint density at radius 2 is 1.60 bits per heavy atom. The highest BCUT2D eigenvalue weighted by Crippen LogP contribution is 2.27. The minimum absolute atomic E-state index is 0.428. The molecule has 4 nitrogen and oxygen atoms in total. The highest BCUT2D eigenvalue weighted by atomic mass is 16.2. The van der Waals surface area contributed by atoms with E-state index in [2.05, 4.69) is 4.90 Å². The molecule has 0 amide bonds. The van der Waals surface area contributed by atoms with E-state index in [4.69, 9.17) is 5.73 Å². The predicted octanol–water partition coefficient (Wildman–Crippen LogP) is 1.61. The van der Waals surface area contributed by atoms with Crippen molar-refractivity contribution in [2.45, 2.75) is 19.3 Å². The third-order valence-electron chi connectivity index (χ3n) is 4.10. The molecule has 3 rings (SSSR count). The highest BCUT2D eigenvalue weighted by Gasteiger charge is 2.32. The van der Waals surface area contributed by atoms with E-state index in [9.17, 15) is 9.59 Å². The Hall–Kier alpha value is -1.94. The molecule has 0 unspecified atom stereocenters. The van der Waals surface area contributed by atoms with Crippen molar-refractivity contribution in [1.82, 2.24) is 4.90 Å². The van der Waals surface area contributed by atoms with Gasteiger partial charge in [-0.05, 0) is 25.9 Å². The number of piperidine rings is 1. The van der Waals surface area contributed by atoms with Crippen molar-refractivity contribution in [3.05, 3.63) is 41.0 Å². The molecule has 104 valence electrons. The number of carbonyl (C=O) groups is 2. The first-order valence-corrected chi connectivity index (χ1v) is 7.08. The first-order chi connectivity index (χ1) is 9.68.